The van der Waals surface area contributed by atoms with E-state index < -0.39 is 0 Å². The monoisotopic (exact) mass is 249 g/mol. The van der Waals surface area contributed by atoms with E-state index in [4.69, 9.17) is 11.6 Å². The summed E-state index contributed by atoms with van der Waals surface area (Å²) in [7, 11) is 0. The summed E-state index contributed by atoms with van der Waals surface area (Å²) >= 11 is 5.94. The SMILES string of the molecule is O=Cc1c(N2CCCC2)nc2ccc(Cl)cn12. The first-order chi connectivity index (χ1) is 8.29. The molecule has 0 bridgehead atoms. The highest BCUT2D eigenvalue weighted by atomic mass is 35.5. The lowest BCUT2D eigenvalue weighted by Crippen LogP contribution is -2.19. The Bertz CT molecular complexity index is 572. The number of pyridine rings is 1. The van der Waals surface area contributed by atoms with Crippen molar-refractivity contribution in [1.29, 1.82) is 0 Å². The summed E-state index contributed by atoms with van der Waals surface area (Å²) in [5.41, 5.74) is 1.35. The number of aromatic nitrogens is 2. The largest absolute Gasteiger partial charge is 0.355 e. The van der Waals surface area contributed by atoms with Gasteiger partial charge in [-0.25, -0.2) is 4.98 Å². The Labute approximate surface area is 104 Å². The molecule has 2 aromatic rings. The van der Waals surface area contributed by atoms with Crippen LogP contribution in [0.1, 0.15) is 23.3 Å². The van der Waals surface area contributed by atoms with Crippen molar-refractivity contribution in [3.8, 4) is 0 Å². The molecule has 0 spiro atoms. The fraction of sp³-hybridized carbons (Fsp3) is 0.333. The van der Waals surface area contributed by atoms with Gasteiger partial charge in [0.15, 0.2) is 12.1 Å². The number of nitrogens with zero attached hydrogens (tertiary/aromatic N) is 3. The fourth-order valence-corrected chi connectivity index (χ4v) is 2.46. The molecule has 0 radical (unpaired) electrons. The lowest BCUT2D eigenvalue weighted by Gasteiger charge is -2.14. The second-order valence-electron chi connectivity index (χ2n) is 4.21. The van der Waals surface area contributed by atoms with Gasteiger partial charge >= 0.3 is 0 Å². The minimum Gasteiger partial charge on any atom is -0.355 e. The first-order valence-electron chi connectivity index (χ1n) is 5.67. The number of rotatable bonds is 2. The molecule has 0 unspecified atom stereocenters. The second kappa shape index (κ2) is 4.04. The van der Waals surface area contributed by atoms with E-state index in [0.29, 0.717) is 10.7 Å². The molecule has 0 aromatic carbocycles. The van der Waals surface area contributed by atoms with Crippen LogP contribution in [0.4, 0.5) is 5.82 Å². The van der Waals surface area contributed by atoms with Crippen molar-refractivity contribution < 1.29 is 4.79 Å². The van der Waals surface area contributed by atoms with Crippen LogP contribution < -0.4 is 4.90 Å². The maximum absolute atomic E-state index is 11.2. The Morgan fingerprint density at radius 3 is 2.76 bits per heavy atom. The minimum absolute atomic E-state index is 0.587. The molecule has 3 heterocycles. The molecule has 0 N–H and O–H groups in total. The normalized spacial score (nSPS) is 15.7. The van der Waals surface area contributed by atoms with Crippen LogP contribution in [0.3, 0.4) is 0 Å². The topological polar surface area (TPSA) is 37.6 Å². The molecule has 1 fully saturated rings. The molecule has 0 amide bonds. The summed E-state index contributed by atoms with van der Waals surface area (Å²) in [6.07, 6.45) is 4.90. The Morgan fingerprint density at radius 2 is 2.06 bits per heavy atom. The molecule has 3 rings (SSSR count). The molecule has 5 heteroatoms. The van der Waals surface area contributed by atoms with E-state index in [0.717, 1.165) is 43.7 Å². The molecule has 0 saturated carbocycles. The Hall–Kier alpha value is -1.55. The third-order valence-corrected chi connectivity index (χ3v) is 3.34. The number of hydrogen-bond donors (Lipinski definition) is 0. The fourth-order valence-electron chi connectivity index (χ4n) is 2.30. The molecular formula is C12H12ClN3O. The van der Waals surface area contributed by atoms with Gasteiger partial charge in [0.05, 0.1) is 5.02 Å². The van der Waals surface area contributed by atoms with Crippen molar-refractivity contribution in [2.75, 3.05) is 18.0 Å². The second-order valence-corrected chi connectivity index (χ2v) is 4.64. The maximum Gasteiger partial charge on any atom is 0.170 e. The average Bonchev–Trinajstić information content (AvgIpc) is 2.94. The van der Waals surface area contributed by atoms with Crippen LogP contribution in [0.25, 0.3) is 5.65 Å². The van der Waals surface area contributed by atoms with Crippen molar-refractivity contribution in [2.24, 2.45) is 0 Å². The van der Waals surface area contributed by atoms with Gasteiger partial charge < -0.3 is 4.90 Å². The number of hydrogen-bond acceptors (Lipinski definition) is 3. The van der Waals surface area contributed by atoms with E-state index in [2.05, 4.69) is 9.88 Å². The van der Waals surface area contributed by atoms with Gasteiger partial charge in [0.2, 0.25) is 0 Å². The van der Waals surface area contributed by atoms with Crippen LogP contribution in [0, 0.1) is 0 Å². The first-order valence-corrected chi connectivity index (χ1v) is 6.05. The Kier molecular flexibility index (Phi) is 2.52. The van der Waals surface area contributed by atoms with Crippen LogP contribution in [0.5, 0.6) is 0 Å². The number of aldehydes is 1. The van der Waals surface area contributed by atoms with E-state index in [1.165, 1.54) is 0 Å². The molecule has 17 heavy (non-hydrogen) atoms. The van der Waals surface area contributed by atoms with Crippen LogP contribution in [-0.4, -0.2) is 28.8 Å². The number of halogens is 1. The number of carbonyl (C=O) groups excluding carboxylic acids is 1. The van der Waals surface area contributed by atoms with E-state index in [-0.39, 0.29) is 0 Å². The summed E-state index contributed by atoms with van der Waals surface area (Å²) in [5, 5.41) is 0.603. The molecule has 1 aliphatic rings. The highest BCUT2D eigenvalue weighted by molar-refractivity contribution is 6.30. The smallest absolute Gasteiger partial charge is 0.170 e. The number of imidazole rings is 1. The van der Waals surface area contributed by atoms with Gasteiger partial charge in [0, 0.05) is 19.3 Å². The predicted molar refractivity (Wildman–Crippen MR) is 67.0 cm³/mol. The van der Waals surface area contributed by atoms with Gasteiger partial charge in [0.25, 0.3) is 0 Å². The third-order valence-electron chi connectivity index (χ3n) is 3.12. The van der Waals surface area contributed by atoms with Crippen molar-refractivity contribution in [3.05, 3.63) is 29.0 Å². The van der Waals surface area contributed by atoms with E-state index in [1.54, 1.807) is 16.7 Å². The quantitative estimate of drug-likeness (QED) is 0.767. The Balaban J connectivity index is 2.20. The van der Waals surface area contributed by atoms with Crippen molar-refractivity contribution in [2.45, 2.75) is 12.8 Å². The summed E-state index contributed by atoms with van der Waals surface area (Å²) in [6, 6.07) is 3.61. The maximum atomic E-state index is 11.2. The van der Waals surface area contributed by atoms with Crippen LogP contribution in [0.2, 0.25) is 5.02 Å². The molecule has 0 atom stereocenters. The molecule has 1 saturated heterocycles. The van der Waals surface area contributed by atoms with Gasteiger partial charge in [-0.1, -0.05) is 11.6 Å². The standard InChI is InChI=1S/C12H12ClN3O/c13-9-3-4-11-14-12(15-5-1-2-6-15)10(8-17)16(11)7-9/h3-4,7-8H,1-2,5-6H2. The zero-order valence-electron chi connectivity index (χ0n) is 9.27. The lowest BCUT2D eigenvalue weighted by atomic mass is 10.4. The molecule has 0 aliphatic carbocycles. The van der Waals surface area contributed by atoms with E-state index >= 15 is 0 Å². The molecule has 88 valence electrons. The Morgan fingerprint density at radius 1 is 1.29 bits per heavy atom. The van der Waals surface area contributed by atoms with Gasteiger partial charge in [-0.05, 0) is 25.0 Å². The number of carbonyl (C=O) groups is 1. The van der Waals surface area contributed by atoms with Gasteiger partial charge in [-0.2, -0.15) is 0 Å². The van der Waals surface area contributed by atoms with Crippen molar-refractivity contribution >= 4 is 29.4 Å². The predicted octanol–water partition coefficient (Wildman–Crippen LogP) is 2.40. The molecule has 2 aromatic heterocycles. The highest BCUT2D eigenvalue weighted by Gasteiger charge is 2.20. The van der Waals surface area contributed by atoms with Crippen LogP contribution in [0.15, 0.2) is 18.3 Å². The van der Waals surface area contributed by atoms with E-state index in [9.17, 15) is 4.79 Å². The molecule has 1 aliphatic heterocycles. The van der Waals surface area contributed by atoms with E-state index in [1.807, 2.05) is 6.07 Å². The number of anilines is 1. The minimum atomic E-state index is 0.587. The number of fused-ring (bicyclic) bond motifs is 1. The first kappa shape index (κ1) is 10.6. The van der Waals surface area contributed by atoms with Crippen molar-refractivity contribution in [3.63, 3.8) is 0 Å². The van der Waals surface area contributed by atoms with Gasteiger partial charge in [-0.15, -0.1) is 0 Å². The highest BCUT2D eigenvalue weighted by Crippen LogP contribution is 2.25. The summed E-state index contributed by atoms with van der Waals surface area (Å²) in [4.78, 5) is 17.9. The van der Waals surface area contributed by atoms with Crippen molar-refractivity contribution in [1.82, 2.24) is 9.38 Å². The summed E-state index contributed by atoms with van der Waals surface area (Å²) in [5.74, 6) is 0.778. The van der Waals surface area contributed by atoms with Gasteiger partial charge in [0.1, 0.15) is 11.3 Å². The summed E-state index contributed by atoms with van der Waals surface area (Å²) < 4.78 is 1.75. The van der Waals surface area contributed by atoms with Gasteiger partial charge in [-0.3, -0.25) is 9.20 Å². The third kappa shape index (κ3) is 1.69. The summed E-state index contributed by atoms with van der Waals surface area (Å²) in [6.45, 7) is 1.94. The zero-order chi connectivity index (χ0) is 11.8. The van der Waals surface area contributed by atoms with Crippen LogP contribution in [-0.2, 0) is 0 Å². The zero-order valence-corrected chi connectivity index (χ0v) is 10.0. The van der Waals surface area contributed by atoms with Crippen LogP contribution >= 0.6 is 11.6 Å². The molecular weight excluding hydrogens is 238 g/mol. The average molecular weight is 250 g/mol. The molecule has 4 nitrogen and oxygen atoms in total. The lowest BCUT2D eigenvalue weighted by molar-refractivity contribution is 0.111.